The summed E-state index contributed by atoms with van der Waals surface area (Å²) in [7, 11) is 0. The molecule has 1 aliphatic rings. The Morgan fingerprint density at radius 2 is 1.96 bits per heavy atom. The molecule has 6 heteroatoms. The molecule has 0 bridgehead atoms. The number of aryl methyl sites for hydroxylation is 1. The molecule has 1 aromatic rings. The molecule has 0 spiro atoms. The third-order valence-corrected chi connectivity index (χ3v) is 4.61. The van der Waals surface area contributed by atoms with Gasteiger partial charge < -0.3 is 15.5 Å². The second kappa shape index (κ2) is 8.14. The van der Waals surface area contributed by atoms with Crippen LogP contribution in [-0.2, 0) is 9.59 Å². The van der Waals surface area contributed by atoms with Crippen LogP contribution in [0.5, 0.6) is 0 Å². The minimum Gasteiger partial charge on any atom is -0.345 e. The fourth-order valence-electron chi connectivity index (χ4n) is 3.11. The van der Waals surface area contributed by atoms with Crippen LogP contribution in [-0.4, -0.2) is 41.2 Å². The molecule has 136 valence electrons. The molecule has 1 fully saturated rings. The van der Waals surface area contributed by atoms with E-state index in [-0.39, 0.29) is 23.8 Å². The van der Waals surface area contributed by atoms with Crippen LogP contribution >= 0.6 is 0 Å². The van der Waals surface area contributed by atoms with E-state index in [4.69, 9.17) is 0 Å². The van der Waals surface area contributed by atoms with Crippen molar-refractivity contribution in [1.29, 1.82) is 0 Å². The molecule has 2 unspecified atom stereocenters. The molecule has 2 atom stereocenters. The van der Waals surface area contributed by atoms with Gasteiger partial charge in [0.1, 0.15) is 6.04 Å². The summed E-state index contributed by atoms with van der Waals surface area (Å²) in [4.78, 5) is 37.8. The number of benzene rings is 1. The summed E-state index contributed by atoms with van der Waals surface area (Å²) >= 11 is 0. The predicted octanol–water partition coefficient (Wildman–Crippen LogP) is 2.47. The Labute approximate surface area is 149 Å². The van der Waals surface area contributed by atoms with Gasteiger partial charge >= 0.3 is 0 Å². The number of rotatable bonds is 4. The average Bonchev–Trinajstić information content (AvgIpc) is 2.55. The van der Waals surface area contributed by atoms with Gasteiger partial charge in [0, 0.05) is 30.8 Å². The van der Waals surface area contributed by atoms with Crippen molar-refractivity contribution in [2.75, 3.05) is 11.9 Å². The molecule has 0 aromatic heterocycles. The van der Waals surface area contributed by atoms with Crippen LogP contribution in [0.2, 0.25) is 0 Å². The van der Waals surface area contributed by atoms with Crippen LogP contribution in [0.4, 0.5) is 5.69 Å². The van der Waals surface area contributed by atoms with Gasteiger partial charge in [-0.2, -0.15) is 0 Å². The average molecular weight is 345 g/mol. The van der Waals surface area contributed by atoms with Gasteiger partial charge in [0.25, 0.3) is 5.91 Å². The number of carbonyl (C=O) groups excluding carboxylic acids is 3. The van der Waals surface area contributed by atoms with E-state index in [2.05, 4.69) is 17.6 Å². The van der Waals surface area contributed by atoms with E-state index in [1.54, 1.807) is 19.1 Å². The fourth-order valence-corrected chi connectivity index (χ4v) is 3.11. The first kappa shape index (κ1) is 19.0. The van der Waals surface area contributed by atoms with Crippen molar-refractivity contribution < 1.29 is 14.4 Å². The van der Waals surface area contributed by atoms with Crippen LogP contribution in [0.3, 0.4) is 0 Å². The topological polar surface area (TPSA) is 78.5 Å². The molecule has 0 saturated carbocycles. The minimum absolute atomic E-state index is 0.0415. The van der Waals surface area contributed by atoms with E-state index < -0.39 is 6.04 Å². The van der Waals surface area contributed by atoms with E-state index in [1.165, 1.54) is 13.3 Å². The Bertz CT molecular complexity index is 672. The van der Waals surface area contributed by atoms with Crippen molar-refractivity contribution in [1.82, 2.24) is 10.2 Å². The maximum absolute atomic E-state index is 12.7. The number of piperidine rings is 1. The minimum atomic E-state index is -0.618. The lowest BCUT2D eigenvalue weighted by Crippen LogP contribution is -2.42. The molecule has 0 radical (unpaired) electrons. The lowest BCUT2D eigenvalue weighted by molar-refractivity contribution is -0.124. The highest BCUT2D eigenvalue weighted by atomic mass is 16.2. The van der Waals surface area contributed by atoms with Gasteiger partial charge in [-0.1, -0.05) is 0 Å². The van der Waals surface area contributed by atoms with E-state index in [0.29, 0.717) is 11.3 Å². The summed E-state index contributed by atoms with van der Waals surface area (Å²) in [6, 6.07) is 4.94. The number of nitrogens with one attached hydrogen (secondary N) is 2. The standard InChI is InChI=1S/C19H27N3O3/c1-12-11-16(19(25)22-10-6-5-7-13(22)2)8-9-17(12)21-18(24)14(3)20-15(4)23/h8-9,11,13-14H,5-7,10H2,1-4H3,(H,20,23)(H,21,24). The van der Waals surface area contributed by atoms with E-state index in [1.807, 2.05) is 17.9 Å². The first-order chi connectivity index (χ1) is 11.8. The molecule has 1 heterocycles. The lowest BCUT2D eigenvalue weighted by atomic mass is 10.0. The third-order valence-electron chi connectivity index (χ3n) is 4.61. The zero-order chi connectivity index (χ0) is 18.6. The van der Waals surface area contributed by atoms with Gasteiger partial charge in [-0.3, -0.25) is 14.4 Å². The number of amides is 3. The van der Waals surface area contributed by atoms with Gasteiger partial charge in [-0.25, -0.2) is 0 Å². The van der Waals surface area contributed by atoms with Crippen molar-refractivity contribution in [3.63, 3.8) is 0 Å². The quantitative estimate of drug-likeness (QED) is 0.880. The lowest BCUT2D eigenvalue weighted by Gasteiger charge is -2.33. The molecule has 2 N–H and O–H groups in total. The van der Waals surface area contributed by atoms with Crippen LogP contribution in [0.25, 0.3) is 0 Å². The van der Waals surface area contributed by atoms with E-state index in [9.17, 15) is 14.4 Å². The summed E-state index contributed by atoms with van der Waals surface area (Å²) in [5.74, 6) is -0.502. The Balaban J connectivity index is 2.08. The largest absolute Gasteiger partial charge is 0.345 e. The van der Waals surface area contributed by atoms with Crippen LogP contribution in [0.15, 0.2) is 18.2 Å². The first-order valence-corrected chi connectivity index (χ1v) is 8.79. The summed E-state index contributed by atoms with van der Waals surface area (Å²) in [6.45, 7) is 7.74. The molecular formula is C19H27N3O3. The van der Waals surface area contributed by atoms with Gasteiger partial charge in [0.15, 0.2) is 0 Å². The Morgan fingerprint density at radius 1 is 1.24 bits per heavy atom. The van der Waals surface area contributed by atoms with Crippen LogP contribution in [0, 0.1) is 6.92 Å². The Hall–Kier alpha value is -2.37. The highest BCUT2D eigenvalue weighted by molar-refractivity contribution is 5.99. The predicted molar refractivity (Wildman–Crippen MR) is 97.4 cm³/mol. The van der Waals surface area contributed by atoms with Crippen molar-refractivity contribution >= 4 is 23.4 Å². The smallest absolute Gasteiger partial charge is 0.254 e. The van der Waals surface area contributed by atoms with E-state index >= 15 is 0 Å². The molecule has 2 rings (SSSR count). The summed E-state index contributed by atoms with van der Waals surface area (Å²) < 4.78 is 0. The zero-order valence-corrected chi connectivity index (χ0v) is 15.4. The maximum atomic E-state index is 12.7. The summed E-state index contributed by atoms with van der Waals surface area (Å²) in [5, 5.41) is 5.34. The molecule has 1 saturated heterocycles. The normalized spacial score (nSPS) is 18.4. The molecule has 1 aromatic carbocycles. The van der Waals surface area contributed by atoms with Crippen molar-refractivity contribution in [2.24, 2.45) is 0 Å². The third kappa shape index (κ3) is 4.81. The second-order valence-corrected chi connectivity index (χ2v) is 6.78. The van der Waals surface area contributed by atoms with Crippen molar-refractivity contribution in [3.05, 3.63) is 29.3 Å². The van der Waals surface area contributed by atoms with Gasteiger partial charge in [0.05, 0.1) is 0 Å². The molecule has 3 amide bonds. The molecular weight excluding hydrogens is 318 g/mol. The number of hydrogen-bond acceptors (Lipinski definition) is 3. The summed E-state index contributed by atoms with van der Waals surface area (Å²) in [6.07, 6.45) is 3.26. The van der Waals surface area contributed by atoms with E-state index in [0.717, 1.165) is 24.9 Å². The molecule has 1 aliphatic heterocycles. The highest BCUT2D eigenvalue weighted by Crippen LogP contribution is 2.22. The molecule has 0 aliphatic carbocycles. The van der Waals surface area contributed by atoms with Crippen molar-refractivity contribution in [2.45, 2.75) is 59.0 Å². The molecule has 25 heavy (non-hydrogen) atoms. The number of hydrogen-bond donors (Lipinski definition) is 2. The fraction of sp³-hybridized carbons (Fsp3) is 0.526. The number of carbonyl (C=O) groups is 3. The van der Waals surface area contributed by atoms with Gasteiger partial charge in [-0.05, 0) is 63.8 Å². The molecule has 6 nitrogen and oxygen atoms in total. The highest BCUT2D eigenvalue weighted by Gasteiger charge is 2.24. The number of anilines is 1. The van der Waals surface area contributed by atoms with Crippen LogP contribution < -0.4 is 10.6 Å². The maximum Gasteiger partial charge on any atom is 0.254 e. The Morgan fingerprint density at radius 3 is 2.56 bits per heavy atom. The van der Waals surface area contributed by atoms with Crippen LogP contribution in [0.1, 0.15) is 56.0 Å². The SMILES string of the molecule is CC(=O)NC(C)C(=O)Nc1ccc(C(=O)N2CCCCC2C)cc1C. The second-order valence-electron chi connectivity index (χ2n) is 6.78. The monoisotopic (exact) mass is 345 g/mol. The van der Waals surface area contributed by atoms with Gasteiger partial charge in [-0.15, -0.1) is 0 Å². The summed E-state index contributed by atoms with van der Waals surface area (Å²) in [5.41, 5.74) is 2.10. The first-order valence-electron chi connectivity index (χ1n) is 8.79. The number of likely N-dealkylation sites (tertiary alicyclic amines) is 1. The number of nitrogens with zero attached hydrogens (tertiary/aromatic N) is 1. The van der Waals surface area contributed by atoms with Crippen molar-refractivity contribution in [3.8, 4) is 0 Å². The Kier molecular flexibility index (Phi) is 6.17. The van der Waals surface area contributed by atoms with Gasteiger partial charge in [0.2, 0.25) is 11.8 Å². The zero-order valence-electron chi connectivity index (χ0n) is 15.4.